The Bertz CT molecular complexity index is 380. The number of nitrogens with one attached hydrogen (secondary N) is 1. The molecule has 1 fully saturated rings. The molecule has 1 heterocycles. The van der Waals surface area contributed by atoms with Crippen LogP contribution in [0.2, 0.25) is 0 Å². The van der Waals surface area contributed by atoms with Crippen LogP contribution in [-0.2, 0) is 11.3 Å². The molecule has 4 nitrogen and oxygen atoms in total. The lowest BCUT2D eigenvalue weighted by Gasteiger charge is -2.27. The van der Waals surface area contributed by atoms with Gasteiger partial charge in [0.25, 0.3) is 0 Å². The Labute approximate surface area is 122 Å². The molecule has 4 heteroatoms. The van der Waals surface area contributed by atoms with Gasteiger partial charge >= 0.3 is 0 Å². The topological polar surface area (TPSA) is 47.0 Å². The maximum atomic E-state index is 5.01. The molecule has 1 aromatic rings. The first-order valence-corrected chi connectivity index (χ1v) is 7.84. The summed E-state index contributed by atoms with van der Waals surface area (Å²) in [5, 5.41) is 3.31. The molecule has 1 saturated carbocycles. The SMILES string of the molecule is CCC1CCCC(c2ncc(CNCCOC)cn2)C1. The number of rotatable bonds is 7. The Balaban J connectivity index is 1.84. The van der Waals surface area contributed by atoms with Crippen molar-refractivity contribution in [3.63, 3.8) is 0 Å². The Kier molecular flexibility index (Phi) is 6.40. The molecule has 1 aliphatic rings. The molecule has 0 aromatic carbocycles. The highest BCUT2D eigenvalue weighted by molar-refractivity contribution is 5.08. The molecule has 0 bridgehead atoms. The van der Waals surface area contributed by atoms with Gasteiger partial charge in [0.05, 0.1) is 6.61 Å². The zero-order chi connectivity index (χ0) is 14.2. The Morgan fingerprint density at radius 2 is 2.10 bits per heavy atom. The zero-order valence-corrected chi connectivity index (χ0v) is 12.8. The molecule has 0 amide bonds. The van der Waals surface area contributed by atoms with E-state index in [1.54, 1.807) is 7.11 Å². The van der Waals surface area contributed by atoms with Crippen molar-refractivity contribution in [2.75, 3.05) is 20.3 Å². The van der Waals surface area contributed by atoms with Crippen LogP contribution in [0.25, 0.3) is 0 Å². The third kappa shape index (κ3) is 4.53. The van der Waals surface area contributed by atoms with E-state index in [0.29, 0.717) is 5.92 Å². The molecule has 2 atom stereocenters. The third-order valence-electron chi connectivity index (χ3n) is 4.26. The van der Waals surface area contributed by atoms with Crippen molar-refractivity contribution in [1.29, 1.82) is 0 Å². The highest BCUT2D eigenvalue weighted by Crippen LogP contribution is 2.35. The molecule has 1 aromatic heterocycles. The quantitative estimate of drug-likeness (QED) is 0.779. The van der Waals surface area contributed by atoms with Crippen molar-refractivity contribution in [2.45, 2.75) is 51.5 Å². The van der Waals surface area contributed by atoms with E-state index in [-0.39, 0.29) is 0 Å². The lowest BCUT2D eigenvalue weighted by Crippen LogP contribution is -2.19. The maximum absolute atomic E-state index is 5.01. The van der Waals surface area contributed by atoms with Gasteiger partial charge < -0.3 is 10.1 Å². The van der Waals surface area contributed by atoms with Crippen LogP contribution in [-0.4, -0.2) is 30.2 Å². The highest BCUT2D eigenvalue weighted by atomic mass is 16.5. The van der Waals surface area contributed by atoms with Gasteiger partial charge in [-0.15, -0.1) is 0 Å². The van der Waals surface area contributed by atoms with Crippen LogP contribution in [0.4, 0.5) is 0 Å². The van der Waals surface area contributed by atoms with Crippen molar-refractivity contribution < 1.29 is 4.74 Å². The van der Waals surface area contributed by atoms with Crippen molar-refractivity contribution in [3.05, 3.63) is 23.8 Å². The summed E-state index contributed by atoms with van der Waals surface area (Å²) in [6, 6.07) is 0. The van der Waals surface area contributed by atoms with E-state index in [1.165, 1.54) is 32.1 Å². The second kappa shape index (κ2) is 8.32. The van der Waals surface area contributed by atoms with Crippen LogP contribution < -0.4 is 5.32 Å². The molecule has 0 spiro atoms. The van der Waals surface area contributed by atoms with E-state index in [9.17, 15) is 0 Å². The van der Waals surface area contributed by atoms with Gasteiger partial charge in [-0.1, -0.05) is 26.2 Å². The minimum absolute atomic E-state index is 0.573. The summed E-state index contributed by atoms with van der Waals surface area (Å²) in [5.74, 6) is 2.49. The van der Waals surface area contributed by atoms with Gasteiger partial charge in [0.15, 0.2) is 0 Å². The van der Waals surface area contributed by atoms with Gasteiger partial charge in [-0.05, 0) is 18.8 Å². The van der Waals surface area contributed by atoms with Gasteiger partial charge in [-0.3, -0.25) is 0 Å². The van der Waals surface area contributed by atoms with Gasteiger partial charge in [0.2, 0.25) is 0 Å². The van der Waals surface area contributed by atoms with E-state index < -0.39 is 0 Å². The average molecular weight is 277 g/mol. The average Bonchev–Trinajstić information content (AvgIpc) is 2.52. The Morgan fingerprint density at radius 1 is 1.30 bits per heavy atom. The molecule has 2 unspecified atom stereocenters. The smallest absolute Gasteiger partial charge is 0.131 e. The van der Waals surface area contributed by atoms with E-state index in [2.05, 4.69) is 22.2 Å². The number of aromatic nitrogens is 2. The highest BCUT2D eigenvalue weighted by Gasteiger charge is 2.23. The van der Waals surface area contributed by atoms with Crippen LogP contribution in [0.3, 0.4) is 0 Å². The fourth-order valence-corrected chi connectivity index (χ4v) is 2.97. The van der Waals surface area contributed by atoms with Crippen molar-refractivity contribution in [3.8, 4) is 0 Å². The Morgan fingerprint density at radius 3 is 2.80 bits per heavy atom. The molecular weight excluding hydrogens is 250 g/mol. The molecule has 2 rings (SSSR count). The molecule has 1 N–H and O–H groups in total. The van der Waals surface area contributed by atoms with Crippen molar-refractivity contribution >= 4 is 0 Å². The molecule has 1 aliphatic carbocycles. The summed E-state index contributed by atoms with van der Waals surface area (Å²) in [6.45, 7) is 4.70. The molecular formula is C16H27N3O. The number of ether oxygens (including phenoxy) is 1. The van der Waals surface area contributed by atoms with Crippen LogP contribution in [0.5, 0.6) is 0 Å². The molecule has 112 valence electrons. The van der Waals surface area contributed by atoms with E-state index in [4.69, 9.17) is 4.74 Å². The minimum atomic E-state index is 0.573. The maximum Gasteiger partial charge on any atom is 0.131 e. The van der Waals surface area contributed by atoms with Crippen LogP contribution in [0.1, 0.15) is 56.3 Å². The standard InChI is InChI=1S/C16H27N3O/c1-3-13-5-4-6-15(9-13)16-18-11-14(12-19-16)10-17-7-8-20-2/h11-13,15,17H,3-10H2,1-2H3. The lowest BCUT2D eigenvalue weighted by molar-refractivity contribution is 0.199. The second-order valence-electron chi connectivity index (χ2n) is 5.76. The summed E-state index contributed by atoms with van der Waals surface area (Å²) in [5.41, 5.74) is 1.15. The third-order valence-corrected chi connectivity index (χ3v) is 4.26. The minimum Gasteiger partial charge on any atom is -0.383 e. The fraction of sp³-hybridized carbons (Fsp3) is 0.750. The summed E-state index contributed by atoms with van der Waals surface area (Å²) < 4.78 is 5.01. The molecule has 20 heavy (non-hydrogen) atoms. The Hall–Kier alpha value is -1.00. The predicted octanol–water partition coefficient (Wildman–Crippen LogP) is 2.90. The number of nitrogens with zero attached hydrogens (tertiary/aromatic N) is 2. The van der Waals surface area contributed by atoms with Gasteiger partial charge in [0, 0.05) is 44.1 Å². The van der Waals surface area contributed by atoms with Crippen LogP contribution in [0, 0.1) is 5.92 Å². The number of hydrogen-bond donors (Lipinski definition) is 1. The number of methoxy groups -OCH3 is 1. The predicted molar refractivity (Wildman–Crippen MR) is 80.6 cm³/mol. The number of hydrogen-bond acceptors (Lipinski definition) is 4. The molecule has 0 radical (unpaired) electrons. The second-order valence-corrected chi connectivity index (χ2v) is 5.76. The zero-order valence-electron chi connectivity index (χ0n) is 12.8. The van der Waals surface area contributed by atoms with Crippen molar-refractivity contribution in [1.82, 2.24) is 15.3 Å². The summed E-state index contributed by atoms with van der Waals surface area (Å²) in [6.07, 6.45) is 10.5. The van der Waals surface area contributed by atoms with Gasteiger partial charge in [-0.2, -0.15) is 0 Å². The molecule has 0 saturated heterocycles. The fourth-order valence-electron chi connectivity index (χ4n) is 2.97. The molecule has 0 aliphatic heterocycles. The summed E-state index contributed by atoms with van der Waals surface area (Å²) in [7, 11) is 1.72. The monoisotopic (exact) mass is 277 g/mol. The van der Waals surface area contributed by atoms with Crippen molar-refractivity contribution in [2.24, 2.45) is 5.92 Å². The van der Waals surface area contributed by atoms with Crippen LogP contribution in [0.15, 0.2) is 12.4 Å². The first-order chi connectivity index (χ1) is 9.83. The van der Waals surface area contributed by atoms with E-state index in [0.717, 1.165) is 37.0 Å². The van der Waals surface area contributed by atoms with Gasteiger partial charge in [-0.25, -0.2) is 9.97 Å². The largest absolute Gasteiger partial charge is 0.383 e. The summed E-state index contributed by atoms with van der Waals surface area (Å²) >= 11 is 0. The van der Waals surface area contributed by atoms with Gasteiger partial charge in [0.1, 0.15) is 5.82 Å². The summed E-state index contributed by atoms with van der Waals surface area (Å²) in [4.78, 5) is 9.18. The first kappa shape index (κ1) is 15.4. The van der Waals surface area contributed by atoms with E-state index in [1.807, 2.05) is 12.4 Å². The normalized spacial score (nSPS) is 22.9. The van der Waals surface area contributed by atoms with E-state index >= 15 is 0 Å². The van der Waals surface area contributed by atoms with Crippen LogP contribution >= 0.6 is 0 Å². The lowest BCUT2D eigenvalue weighted by atomic mass is 9.80. The first-order valence-electron chi connectivity index (χ1n) is 7.84.